The van der Waals surface area contributed by atoms with Crippen LogP contribution in [0.3, 0.4) is 0 Å². The van der Waals surface area contributed by atoms with Crippen LogP contribution in [0, 0.1) is 20.8 Å². The molecule has 3 aromatic carbocycles. The van der Waals surface area contributed by atoms with Crippen molar-refractivity contribution in [3.8, 4) is 22.6 Å². The third kappa shape index (κ3) is 3.54. The van der Waals surface area contributed by atoms with E-state index >= 15 is 0 Å². The summed E-state index contributed by atoms with van der Waals surface area (Å²) in [7, 11) is 0. The maximum atomic E-state index is 6.33. The minimum absolute atomic E-state index is 0.169. The molecule has 0 amide bonds. The van der Waals surface area contributed by atoms with Gasteiger partial charge in [-0.15, -0.1) is 0 Å². The first-order chi connectivity index (χ1) is 13.5. The van der Waals surface area contributed by atoms with Crippen molar-refractivity contribution in [3.05, 3.63) is 94.2 Å². The standard InChI is InChI=1S/C24H20ClNO2/c1-15-12-13-21(20(25)14-15)26-24-27-22(18-10-6-4-8-16(18)2)23(28-24)19-11-7-5-9-17(19)3/h4-14H,1-3H3. The molecule has 0 saturated carbocycles. The summed E-state index contributed by atoms with van der Waals surface area (Å²) in [6.45, 7) is 6.08. The fourth-order valence-electron chi connectivity index (χ4n) is 3.14. The van der Waals surface area contributed by atoms with Gasteiger partial charge in [-0.05, 0) is 49.6 Å². The van der Waals surface area contributed by atoms with E-state index in [0.717, 1.165) is 27.8 Å². The lowest BCUT2D eigenvalue weighted by Crippen LogP contribution is -1.92. The normalized spacial score (nSPS) is 10.9. The lowest BCUT2D eigenvalue weighted by Gasteiger charge is -2.05. The average molecular weight is 390 g/mol. The predicted octanol–water partition coefficient (Wildman–Crippen LogP) is 7.02. The van der Waals surface area contributed by atoms with Crippen molar-refractivity contribution >= 4 is 17.3 Å². The van der Waals surface area contributed by atoms with Crippen molar-refractivity contribution < 1.29 is 8.83 Å². The highest BCUT2D eigenvalue weighted by molar-refractivity contribution is 6.33. The summed E-state index contributed by atoms with van der Waals surface area (Å²) < 4.78 is 12.2. The Kier molecular flexibility index (Phi) is 4.93. The molecule has 0 aliphatic carbocycles. The molecule has 1 heterocycles. The molecule has 0 radical (unpaired) electrons. The van der Waals surface area contributed by atoms with Gasteiger partial charge in [0.1, 0.15) is 0 Å². The van der Waals surface area contributed by atoms with Gasteiger partial charge in [0.2, 0.25) is 0 Å². The van der Waals surface area contributed by atoms with Crippen LogP contribution in [0.25, 0.3) is 22.6 Å². The topological polar surface area (TPSA) is 38.6 Å². The molecule has 4 heteroatoms. The maximum Gasteiger partial charge on any atom is 0.400 e. The van der Waals surface area contributed by atoms with Gasteiger partial charge in [0.15, 0.2) is 11.5 Å². The van der Waals surface area contributed by atoms with E-state index in [0.29, 0.717) is 22.2 Å². The highest BCUT2D eigenvalue weighted by Gasteiger charge is 2.19. The molecule has 140 valence electrons. The lowest BCUT2D eigenvalue weighted by molar-refractivity contribution is 0.376. The number of hydrogen-bond acceptors (Lipinski definition) is 3. The molecule has 0 fully saturated rings. The second-order valence-corrected chi connectivity index (χ2v) is 7.23. The Bertz CT molecular complexity index is 1150. The Balaban J connectivity index is 1.96. The Labute approximate surface area is 168 Å². The Hall–Kier alpha value is -3.04. The first-order valence-electron chi connectivity index (χ1n) is 9.10. The largest absolute Gasteiger partial charge is 0.406 e. The van der Waals surface area contributed by atoms with Gasteiger partial charge in [-0.2, -0.15) is 4.99 Å². The zero-order chi connectivity index (χ0) is 19.7. The summed E-state index contributed by atoms with van der Waals surface area (Å²) in [4.78, 5) is 4.51. The number of halogens is 1. The van der Waals surface area contributed by atoms with Crippen LogP contribution in [0.1, 0.15) is 16.7 Å². The van der Waals surface area contributed by atoms with E-state index in [1.54, 1.807) is 0 Å². The summed E-state index contributed by atoms with van der Waals surface area (Å²) in [5, 5.41) is 0.557. The summed E-state index contributed by atoms with van der Waals surface area (Å²) in [5.74, 6) is 1.49. The van der Waals surface area contributed by atoms with E-state index in [4.69, 9.17) is 20.4 Å². The van der Waals surface area contributed by atoms with Crippen molar-refractivity contribution in [1.29, 1.82) is 0 Å². The Morgan fingerprint density at radius 1 is 0.714 bits per heavy atom. The van der Waals surface area contributed by atoms with Crippen molar-refractivity contribution in [2.75, 3.05) is 0 Å². The van der Waals surface area contributed by atoms with E-state index < -0.39 is 0 Å². The predicted molar refractivity (Wildman–Crippen MR) is 113 cm³/mol. The van der Waals surface area contributed by atoms with Crippen molar-refractivity contribution in [2.45, 2.75) is 20.8 Å². The molecular formula is C24H20ClNO2. The van der Waals surface area contributed by atoms with Gasteiger partial charge >= 0.3 is 5.75 Å². The molecule has 3 nitrogen and oxygen atoms in total. The highest BCUT2D eigenvalue weighted by atomic mass is 35.5. The van der Waals surface area contributed by atoms with Crippen molar-refractivity contribution in [1.82, 2.24) is 0 Å². The number of hydrogen-bond donors (Lipinski definition) is 0. The quantitative estimate of drug-likeness (QED) is 0.377. The van der Waals surface area contributed by atoms with Gasteiger partial charge in [-0.1, -0.05) is 66.2 Å². The van der Waals surface area contributed by atoms with E-state index in [2.05, 4.69) is 4.99 Å². The van der Waals surface area contributed by atoms with Gasteiger partial charge in [-0.25, -0.2) is 0 Å². The van der Waals surface area contributed by atoms with Gasteiger partial charge in [0, 0.05) is 11.1 Å². The first-order valence-corrected chi connectivity index (χ1v) is 9.47. The number of rotatable bonds is 3. The minimum atomic E-state index is 0.169. The fourth-order valence-corrected chi connectivity index (χ4v) is 3.42. The minimum Gasteiger partial charge on any atom is -0.406 e. The average Bonchev–Trinajstić information content (AvgIpc) is 3.08. The highest BCUT2D eigenvalue weighted by Crippen LogP contribution is 2.35. The molecule has 0 aliphatic rings. The molecular weight excluding hydrogens is 370 g/mol. The first kappa shape index (κ1) is 18.3. The van der Waals surface area contributed by atoms with Gasteiger partial charge < -0.3 is 8.83 Å². The van der Waals surface area contributed by atoms with Gasteiger partial charge in [0.25, 0.3) is 0 Å². The summed E-state index contributed by atoms with van der Waals surface area (Å²) >= 11 is 6.33. The number of benzene rings is 3. The van der Waals surface area contributed by atoms with E-state index in [9.17, 15) is 0 Å². The van der Waals surface area contributed by atoms with Gasteiger partial charge in [0.05, 0.1) is 10.7 Å². The van der Waals surface area contributed by atoms with Crippen LogP contribution in [0.4, 0.5) is 5.69 Å². The zero-order valence-electron chi connectivity index (χ0n) is 16.0. The molecule has 0 aliphatic heterocycles. The lowest BCUT2D eigenvalue weighted by atomic mass is 10.0. The molecule has 4 rings (SSSR count). The van der Waals surface area contributed by atoms with Crippen LogP contribution in [0.2, 0.25) is 5.02 Å². The smallest absolute Gasteiger partial charge is 0.400 e. The van der Waals surface area contributed by atoms with E-state index in [1.165, 1.54) is 0 Å². The molecule has 1 aromatic heterocycles. The molecule has 0 saturated heterocycles. The molecule has 0 bridgehead atoms. The summed E-state index contributed by atoms with van der Waals surface area (Å²) in [6.07, 6.45) is 0. The second-order valence-electron chi connectivity index (χ2n) is 6.82. The van der Waals surface area contributed by atoms with Crippen LogP contribution in [-0.4, -0.2) is 0 Å². The third-order valence-electron chi connectivity index (χ3n) is 4.68. The van der Waals surface area contributed by atoms with Crippen molar-refractivity contribution in [2.24, 2.45) is 4.99 Å². The third-order valence-corrected chi connectivity index (χ3v) is 4.98. The van der Waals surface area contributed by atoms with Crippen LogP contribution < -0.4 is 5.75 Å². The SMILES string of the molecule is Cc1ccc(N=c2oc(-c3ccccc3C)c(-c3ccccc3C)o2)c(Cl)c1. The van der Waals surface area contributed by atoms with Crippen LogP contribution in [0.15, 0.2) is 80.6 Å². The Morgan fingerprint density at radius 2 is 1.25 bits per heavy atom. The van der Waals surface area contributed by atoms with Crippen molar-refractivity contribution in [3.63, 3.8) is 0 Å². The Morgan fingerprint density at radius 3 is 1.75 bits per heavy atom. The monoisotopic (exact) mass is 389 g/mol. The molecule has 0 spiro atoms. The number of nitrogens with zero attached hydrogens (tertiary/aromatic N) is 1. The van der Waals surface area contributed by atoms with Crippen LogP contribution in [-0.2, 0) is 0 Å². The van der Waals surface area contributed by atoms with E-state index in [-0.39, 0.29) is 5.75 Å². The molecule has 0 atom stereocenters. The fraction of sp³-hybridized carbons (Fsp3) is 0.125. The van der Waals surface area contributed by atoms with E-state index in [1.807, 2.05) is 87.5 Å². The molecule has 4 aromatic rings. The molecule has 0 N–H and O–H groups in total. The molecule has 0 unspecified atom stereocenters. The van der Waals surface area contributed by atoms with Crippen LogP contribution >= 0.6 is 11.6 Å². The molecule has 28 heavy (non-hydrogen) atoms. The zero-order valence-corrected chi connectivity index (χ0v) is 16.7. The number of aryl methyl sites for hydroxylation is 3. The maximum absolute atomic E-state index is 6.33. The summed E-state index contributed by atoms with van der Waals surface area (Å²) in [6, 6.07) is 21.8. The summed E-state index contributed by atoms with van der Waals surface area (Å²) in [5.41, 5.74) is 5.82. The van der Waals surface area contributed by atoms with Crippen LogP contribution in [0.5, 0.6) is 0 Å². The second kappa shape index (κ2) is 7.53. The van der Waals surface area contributed by atoms with Gasteiger partial charge in [-0.3, -0.25) is 0 Å².